The molecule has 0 saturated heterocycles. The number of carboxylic acids is 1. The van der Waals surface area contributed by atoms with E-state index < -0.39 is 24.7 Å². The lowest BCUT2D eigenvalue weighted by molar-refractivity contribution is -0.136. The third-order valence-corrected chi connectivity index (χ3v) is 2.12. The highest BCUT2D eigenvalue weighted by atomic mass is 32.2. The van der Waals surface area contributed by atoms with Crippen LogP contribution in [-0.2, 0) is 24.8 Å². The van der Waals surface area contributed by atoms with Crippen molar-refractivity contribution in [3.63, 3.8) is 0 Å². The van der Waals surface area contributed by atoms with E-state index in [4.69, 9.17) is 14.9 Å². The predicted molar refractivity (Wildman–Crippen MR) is 58.9 cm³/mol. The minimum atomic E-state index is -4.41. The minimum Gasteiger partial charge on any atom is -0.481 e. The Bertz CT molecular complexity index is 316. The van der Waals surface area contributed by atoms with Gasteiger partial charge < -0.3 is 14.9 Å². The summed E-state index contributed by atoms with van der Waals surface area (Å²) in [6.45, 7) is 1.53. The van der Waals surface area contributed by atoms with Gasteiger partial charge in [-0.05, 0) is 6.42 Å². The molecule has 0 bridgehead atoms. The second-order valence-electron chi connectivity index (χ2n) is 2.59. The van der Waals surface area contributed by atoms with Crippen molar-refractivity contribution < 1.29 is 37.2 Å². The lowest BCUT2D eigenvalue weighted by atomic mass is 10.5. The molecule has 0 amide bonds. The first-order chi connectivity index (χ1) is 7.69. The molecule has 0 radical (unpaired) electrons. The molecule has 104 valence electrons. The molecule has 11 heteroatoms. The molecular formula is C6H16NO8PS. The van der Waals surface area contributed by atoms with Crippen LogP contribution in [0.15, 0.2) is 0 Å². The van der Waals surface area contributed by atoms with Crippen molar-refractivity contribution in [1.29, 1.82) is 0 Å². The maximum absolute atomic E-state index is 10.1. The summed E-state index contributed by atoms with van der Waals surface area (Å²) in [5, 5.41) is 7.72. The summed E-state index contributed by atoms with van der Waals surface area (Å²) in [5.74, 6) is -0.745. The molecule has 4 N–H and O–H groups in total. The topological polar surface area (TPSA) is 150 Å². The van der Waals surface area contributed by atoms with E-state index in [1.54, 1.807) is 6.92 Å². The molecule has 0 fully saturated rings. The van der Waals surface area contributed by atoms with Gasteiger partial charge in [-0.3, -0.25) is 9.32 Å². The molecule has 0 saturated carbocycles. The van der Waals surface area contributed by atoms with Gasteiger partial charge in [-0.1, -0.05) is 6.92 Å². The Kier molecular flexibility index (Phi) is 11.8. The normalized spacial score (nSPS) is 10.8. The first-order valence-electron chi connectivity index (χ1n) is 4.48. The van der Waals surface area contributed by atoms with Crippen LogP contribution in [0.1, 0.15) is 19.8 Å². The minimum absolute atomic E-state index is 0.110. The third kappa shape index (κ3) is 25.6. The Balaban J connectivity index is 0. The Hall–Kier alpha value is -0.510. The van der Waals surface area contributed by atoms with Gasteiger partial charge in [0.05, 0.1) is 6.61 Å². The number of nitrogens with one attached hydrogen (secondary N) is 1. The Labute approximate surface area is 100 Å². The summed E-state index contributed by atoms with van der Waals surface area (Å²) in [6, 6.07) is 0. The van der Waals surface area contributed by atoms with Crippen molar-refractivity contribution in [3.8, 4) is 0 Å². The fourth-order valence-corrected chi connectivity index (χ4v) is 1.13. The molecule has 0 spiro atoms. The number of phosphoric acid groups is 1. The van der Waals surface area contributed by atoms with E-state index in [2.05, 4.69) is 9.25 Å². The molecule has 0 aliphatic carbocycles. The number of hydrogen-bond donors (Lipinski definition) is 5. The highest BCUT2D eigenvalue weighted by molar-refractivity contribution is 7.70. The summed E-state index contributed by atoms with van der Waals surface area (Å²) in [4.78, 5) is 25.7. The van der Waals surface area contributed by atoms with Gasteiger partial charge in [0.1, 0.15) is 0 Å². The first-order valence-corrected chi connectivity index (χ1v) is 7.19. The second-order valence-corrected chi connectivity index (χ2v) is 4.66. The maximum Gasteiger partial charge on any atom is 0.469 e. The first kappa shape index (κ1) is 18.8. The number of carboxylic acid groups (broad SMARTS) is 1. The molecule has 9 nitrogen and oxygen atoms in total. The molecule has 0 aromatic heterocycles. The fourth-order valence-electron chi connectivity index (χ4n) is 0.426. The molecule has 0 rings (SSSR count). The lowest BCUT2D eigenvalue weighted by Crippen LogP contribution is -2.14. The summed E-state index contributed by atoms with van der Waals surface area (Å²) in [5.41, 5.74) is 0. The zero-order valence-corrected chi connectivity index (χ0v) is 10.9. The van der Waals surface area contributed by atoms with E-state index in [-0.39, 0.29) is 26.0 Å². The van der Waals surface area contributed by atoms with Crippen molar-refractivity contribution >= 4 is 24.7 Å². The van der Waals surface area contributed by atoms with Gasteiger partial charge >= 0.3 is 13.8 Å². The number of aliphatic carboxylic acids is 1. The van der Waals surface area contributed by atoms with Gasteiger partial charge in [0.2, 0.25) is 10.9 Å². The highest BCUT2D eigenvalue weighted by Gasteiger charge is 2.12. The van der Waals surface area contributed by atoms with Crippen molar-refractivity contribution in [2.75, 3.05) is 13.2 Å². The van der Waals surface area contributed by atoms with Crippen molar-refractivity contribution in [2.24, 2.45) is 0 Å². The standard InChI is InChI=1S/C3H10NO6PS.C3H6O2/c5-11(6,7)10-3-1-2-4-12(8)9;1-2-3(4)5/h12H,1-3H2,(H,4,8,9)(H2,5,6,7);2H2,1H3,(H,4,5). The molecule has 0 heterocycles. The van der Waals surface area contributed by atoms with E-state index >= 15 is 0 Å². The summed E-state index contributed by atoms with van der Waals surface area (Å²) < 4.78 is 35.9. The van der Waals surface area contributed by atoms with Crippen molar-refractivity contribution in [1.82, 2.24) is 4.72 Å². The highest BCUT2D eigenvalue weighted by Crippen LogP contribution is 2.35. The van der Waals surface area contributed by atoms with Crippen LogP contribution in [-0.4, -0.2) is 42.4 Å². The summed E-state index contributed by atoms with van der Waals surface area (Å²) >= 11 is 0. The Morgan fingerprint density at radius 1 is 1.41 bits per heavy atom. The largest absolute Gasteiger partial charge is 0.481 e. The van der Waals surface area contributed by atoms with Crippen LogP contribution >= 0.6 is 7.82 Å². The van der Waals surface area contributed by atoms with Gasteiger partial charge in [0, 0.05) is 13.0 Å². The van der Waals surface area contributed by atoms with E-state index in [0.717, 1.165) is 0 Å². The quantitative estimate of drug-likeness (QED) is 0.230. The molecule has 17 heavy (non-hydrogen) atoms. The molecule has 0 aliphatic heterocycles. The van der Waals surface area contributed by atoms with Gasteiger partial charge in [0.15, 0.2) is 0 Å². The van der Waals surface area contributed by atoms with E-state index in [1.165, 1.54) is 0 Å². The number of thiol groups is 1. The smallest absolute Gasteiger partial charge is 0.469 e. The van der Waals surface area contributed by atoms with Crippen LogP contribution in [0.5, 0.6) is 0 Å². The van der Waals surface area contributed by atoms with Crippen molar-refractivity contribution in [2.45, 2.75) is 19.8 Å². The average Bonchev–Trinajstić information content (AvgIpc) is 2.16. The molecular weight excluding hydrogens is 277 g/mol. The summed E-state index contributed by atoms with van der Waals surface area (Å²) in [7, 11) is -7.05. The van der Waals surface area contributed by atoms with Crippen LogP contribution in [0.3, 0.4) is 0 Å². The maximum atomic E-state index is 10.1. The van der Waals surface area contributed by atoms with Crippen LogP contribution in [0.2, 0.25) is 0 Å². The van der Waals surface area contributed by atoms with Crippen molar-refractivity contribution in [3.05, 3.63) is 0 Å². The lowest BCUT2D eigenvalue weighted by Gasteiger charge is -2.03. The molecule has 0 unspecified atom stereocenters. The van der Waals surface area contributed by atoms with Gasteiger partial charge in [-0.25, -0.2) is 17.7 Å². The van der Waals surface area contributed by atoms with E-state index in [1.807, 2.05) is 0 Å². The number of phosphoric ester groups is 1. The van der Waals surface area contributed by atoms with Gasteiger partial charge in [0.25, 0.3) is 0 Å². The zero-order valence-electron chi connectivity index (χ0n) is 9.11. The fraction of sp³-hybridized carbons (Fsp3) is 0.833. The second kappa shape index (κ2) is 10.6. The summed E-state index contributed by atoms with van der Waals surface area (Å²) in [6.07, 6.45) is 0.439. The molecule has 0 aromatic rings. The van der Waals surface area contributed by atoms with Crippen LogP contribution < -0.4 is 4.72 Å². The molecule has 0 atom stereocenters. The zero-order chi connectivity index (χ0) is 13.9. The van der Waals surface area contributed by atoms with Crippen LogP contribution in [0, 0.1) is 0 Å². The van der Waals surface area contributed by atoms with E-state index in [0.29, 0.717) is 0 Å². The van der Waals surface area contributed by atoms with Gasteiger partial charge in [-0.2, -0.15) is 0 Å². The molecule has 0 aromatic carbocycles. The third-order valence-electron chi connectivity index (χ3n) is 1.12. The SMILES string of the molecule is CCC(=O)O.O=[SH](=O)NCCCOP(=O)(O)O. The van der Waals surface area contributed by atoms with Gasteiger partial charge in [-0.15, -0.1) is 0 Å². The average molecular weight is 293 g/mol. The Morgan fingerprint density at radius 2 is 1.88 bits per heavy atom. The van der Waals surface area contributed by atoms with Crippen LogP contribution in [0.25, 0.3) is 0 Å². The number of hydrogen-bond acceptors (Lipinski definition) is 5. The van der Waals surface area contributed by atoms with Crippen LogP contribution in [0.4, 0.5) is 0 Å². The molecule has 0 aliphatic rings. The Morgan fingerprint density at radius 3 is 2.18 bits per heavy atom. The predicted octanol–water partition coefficient (Wildman–Crippen LogP) is -0.917. The number of carbonyl (C=O) groups is 1. The monoisotopic (exact) mass is 293 g/mol. The number of rotatable bonds is 7. The van der Waals surface area contributed by atoms with E-state index in [9.17, 15) is 17.8 Å².